The van der Waals surface area contributed by atoms with Crippen LogP contribution in [-0.2, 0) is 16.0 Å². The van der Waals surface area contributed by atoms with Gasteiger partial charge in [0.25, 0.3) is 0 Å². The number of hydrogen-bond acceptors (Lipinski definition) is 3. The maximum absolute atomic E-state index is 12.1. The fourth-order valence-corrected chi connectivity index (χ4v) is 3.37. The largest absolute Gasteiger partial charge is 0.375 e. The lowest BCUT2D eigenvalue weighted by molar-refractivity contribution is -0.138. The highest BCUT2D eigenvalue weighted by atomic mass is 79.9. The van der Waals surface area contributed by atoms with Crippen molar-refractivity contribution in [3.63, 3.8) is 0 Å². The molecule has 0 bridgehead atoms. The standard InChI is InChI=1S/C12H16BrNO2S/c1-2-9-8-14(5-6-16-9)12(15)7-10-3-4-11(13)17-10/h3-4,9H,2,5-8H2,1H3/t9-/m0/s1. The monoisotopic (exact) mass is 317 g/mol. The lowest BCUT2D eigenvalue weighted by Crippen LogP contribution is -2.45. The number of carbonyl (C=O) groups excluding carboxylic acids is 1. The summed E-state index contributed by atoms with van der Waals surface area (Å²) in [5.41, 5.74) is 0. The summed E-state index contributed by atoms with van der Waals surface area (Å²) in [6, 6.07) is 3.99. The first-order valence-corrected chi connectivity index (χ1v) is 7.43. The molecule has 1 atom stereocenters. The molecule has 0 radical (unpaired) electrons. The normalized spacial score (nSPS) is 20.6. The molecule has 5 heteroatoms. The molecular weight excluding hydrogens is 302 g/mol. The van der Waals surface area contributed by atoms with Crippen LogP contribution in [0.2, 0.25) is 0 Å². The minimum atomic E-state index is 0.209. The van der Waals surface area contributed by atoms with E-state index in [1.165, 1.54) is 0 Å². The van der Waals surface area contributed by atoms with Gasteiger partial charge in [0.15, 0.2) is 0 Å². The fourth-order valence-electron chi connectivity index (χ4n) is 1.90. The molecule has 1 amide bonds. The van der Waals surface area contributed by atoms with Crippen LogP contribution in [0.1, 0.15) is 18.2 Å². The van der Waals surface area contributed by atoms with Crippen molar-refractivity contribution < 1.29 is 9.53 Å². The predicted molar refractivity (Wildman–Crippen MR) is 72.3 cm³/mol. The van der Waals surface area contributed by atoms with Crippen LogP contribution in [-0.4, -0.2) is 36.6 Å². The predicted octanol–water partition coefficient (Wildman–Crippen LogP) is 2.69. The van der Waals surface area contributed by atoms with Crippen molar-refractivity contribution in [1.29, 1.82) is 0 Å². The van der Waals surface area contributed by atoms with E-state index in [-0.39, 0.29) is 12.0 Å². The summed E-state index contributed by atoms with van der Waals surface area (Å²) in [5, 5.41) is 0. The molecular formula is C12H16BrNO2S. The van der Waals surface area contributed by atoms with E-state index in [2.05, 4.69) is 22.9 Å². The van der Waals surface area contributed by atoms with Crippen LogP contribution in [0.4, 0.5) is 0 Å². The van der Waals surface area contributed by atoms with Crippen molar-refractivity contribution in [2.75, 3.05) is 19.7 Å². The number of hydrogen-bond donors (Lipinski definition) is 0. The van der Waals surface area contributed by atoms with Gasteiger partial charge in [0, 0.05) is 18.0 Å². The molecule has 1 aromatic heterocycles. The molecule has 3 nitrogen and oxygen atoms in total. The molecule has 0 saturated carbocycles. The third kappa shape index (κ3) is 3.53. The van der Waals surface area contributed by atoms with Gasteiger partial charge in [-0.2, -0.15) is 0 Å². The Morgan fingerprint density at radius 2 is 2.47 bits per heavy atom. The molecule has 2 rings (SSSR count). The molecule has 0 N–H and O–H groups in total. The summed E-state index contributed by atoms with van der Waals surface area (Å²) >= 11 is 5.04. The molecule has 17 heavy (non-hydrogen) atoms. The quantitative estimate of drug-likeness (QED) is 0.857. The van der Waals surface area contributed by atoms with Crippen molar-refractivity contribution >= 4 is 33.2 Å². The van der Waals surface area contributed by atoms with E-state index < -0.39 is 0 Å². The highest BCUT2D eigenvalue weighted by molar-refractivity contribution is 9.11. The highest BCUT2D eigenvalue weighted by Crippen LogP contribution is 2.23. The average Bonchev–Trinajstić information content (AvgIpc) is 2.75. The van der Waals surface area contributed by atoms with Crippen LogP contribution in [0.3, 0.4) is 0 Å². The van der Waals surface area contributed by atoms with E-state index in [4.69, 9.17) is 4.74 Å². The Hall–Kier alpha value is -0.390. The maximum atomic E-state index is 12.1. The molecule has 1 aliphatic heterocycles. The Kier molecular flexibility index (Phi) is 4.59. The summed E-state index contributed by atoms with van der Waals surface area (Å²) in [4.78, 5) is 15.1. The molecule has 1 saturated heterocycles. The van der Waals surface area contributed by atoms with Crippen molar-refractivity contribution in [2.45, 2.75) is 25.9 Å². The third-order valence-corrected chi connectivity index (χ3v) is 4.52. The minimum absolute atomic E-state index is 0.209. The first-order valence-electron chi connectivity index (χ1n) is 5.82. The van der Waals surface area contributed by atoms with Crippen LogP contribution in [0.25, 0.3) is 0 Å². The Morgan fingerprint density at radius 1 is 1.65 bits per heavy atom. The third-order valence-electron chi connectivity index (χ3n) is 2.90. The van der Waals surface area contributed by atoms with E-state index in [1.54, 1.807) is 11.3 Å². The van der Waals surface area contributed by atoms with Crippen LogP contribution in [0.15, 0.2) is 15.9 Å². The Balaban J connectivity index is 1.91. The maximum Gasteiger partial charge on any atom is 0.227 e. The summed E-state index contributed by atoms with van der Waals surface area (Å²) in [6.45, 7) is 4.22. The zero-order valence-electron chi connectivity index (χ0n) is 9.82. The van der Waals surface area contributed by atoms with Gasteiger partial charge in [0.1, 0.15) is 0 Å². The second-order valence-electron chi connectivity index (χ2n) is 4.12. The molecule has 94 valence electrons. The van der Waals surface area contributed by atoms with Gasteiger partial charge in [0.2, 0.25) is 5.91 Å². The van der Waals surface area contributed by atoms with E-state index in [9.17, 15) is 4.79 Å². The van der Waals surface area contributed by atoms with E-state index in [1.807, 2.05) is 17.0 Å². The lowest BCUT2D eigenvalue weighted by Gasteiger charge is -2.32. The van der Waals surface area contributed by atoms with Gasteiger partial charge in [-0.25, -0.2) is 0 Å². The SMILES string of the molecule is CC[C@H]1CN(C(=O)Cc2ccc(Br)s2)CCO1. The lowest BCUT2D eigenvalue weighted by atomic mass is 10.2. The molecule has 0 spiro atoms. The Labute approximate surface area is 114 Å². The second-order valence-corrected chi connectivity index (χ2v) is 6.67. The number of morpholine rings is 1. The molecule has 1 fully saturated rings. The number of thiophene rings is 1. The van der Waals surface area contributed by atoms with Crippen LogP contribution in [0, 0.1) is 0 Å². The number of amides is 1. The van der Waals surface area contributed by atoms with Crippen LogP contribution in [0.5, 0.6) is 0 Å². The molecule has 0 aliphatic carbocycles. The first kappa shape index (κ1) is 13.1. The highest BCUT2D eigenvalue weighted by Gasteiger charge is 2.23. The topological polar surface area (TPSA) is 29.5 Å². The average molecular weight is 318 g/mol. The molecule has 2 heterocycles. The molecule has 1 aromatic rings. The Morgan fingerprint density at radius 3 is 3.12 bits per heavy atom. The number of ether oxygens (including phenoxy) is 1. The zero-order chi connectivity index (χ0) is 12.3. The first-order chi connectivity index (χ1) is 8.19. The van der Waals surface area contributed by atoms with Gasteiger partial charge < -0.3 is 9.64 Å². The van der Waals surface area contributed by atoms with E-state index in [0.29, 0.717) is 13.0 Å². The summed E-state index contributed by atoms with van der Waals surface area (Å²) in [5.74, 6) is 0.209. The minimum Gasteiger partial charge on any atom is -0.375 e. The number of carbonyl (C=O) groups is 1. The van der Waals surface area contributed by atoms with Crippen molar-refractivity contribution in [3.8, 4) is 0 Å². The van der Waals surface area contributed by atoms with Gasteiger partial charge in [-0.1, -0.05) is 6.92 Å². The molecule has 1 aliphatic rings. The fraction of sp³-hybridized carbons (Fsp3) is 0.583. The van der Waals surface area contributed by atoms with Gasteiger partial charge in [-0.15, -0.1) is 11.3 Å². The van der Waals surface area contributed by atoms with E-state index >= 15 is 0 Å². The molecule has 0 unspecified atom stereocenters. The number of halogens is 1. The van der Waals surface area contributed by atoms with Crippen molar-refractivity contribution in [2.24, 2.45) is 0 Å². The smallest absolute Gasteiger partial charge is 0.227 e. The van der Waals surface area contributed by atoms with Crippen molar-refractivity contribution in [1.82, 2.24) is 4.90 Å². The van der Waals surface area contributed by atoms with E-state index in [0.717, 1.165) is 28.2 Å². The van der Waals surface area contributed by atoms with Gasteiger partial charge in [-0.3, -0.25) is 4.79 Å². The zero-order valence-corrected chi connectivity index (χ0v) is 12.2. The summed E-state index contributed by atoms with van der Waals surface area (Å²) in [7, 11) is 0. The van der Waals surface area contributed by atoms with Gasteiger partial charge in [0.05, 0.1) is 22.9 Å². The second kappa shape index (κ2) is 5.98. The van der Waals surface area contributed by atoms with Crippen molar-refractivity contribution in [3.05, 3.63) is 20.8 Å². The number of nitrogens with zero attached hydrogens (tertiary/aromatic N) is 1. The van der Waals surface area contributed by atoms with Gasteiger partial charge >= 0.3 is 0 Å². The van der Waals surface area contributed by atoms with Crippen LogP contribution >= 0.6 is 27.3 Å². The molecule has 0 aromatic carbocycles. The number of rotatable bonds is 3. The summed E-state index contributed by atoms with van der Waals surface area (Å²) in [6.07, 6.45) is 1.68. The van der Waals surface area contributed by atoms with Gasteiger partial charge in [-0.05, 0) is 34.5 Å². The van der Waals surface area contributed by atoms with Crippen LogP contribution < -0.4 is 0 Å². The summed E-state index contributed by atoms with van der Waals surface area (Å²) < 4.78 is 6.64. The Bertz CT molecular complexity index is 394.